The maximum Gasteiger partial charge on any atom is 0.259 e. The number of aromatic nitrogens is 2. The van der Waals surface area contributed by atoms with Gasteiger partial charge in [-0.2, -0.15) is 4.98 Å². The lowest BCUT2D eigenvalue weighted by atomic mass is 10.1. The van der Waals surface area contributed by atoms with Gasteiger partial charge in [0.2, 0.25) is 11.6 Å². The van der Waals surface area contributed by atoms with Crippen LogP contribution >= 0.6 is 0 Å². The molecule has 1 N–H and O–H groups in total. The van der Waals surface area contributed by atoms with Gasteiger partial charge in [0.15, 0.2) is 11.5 Å². The molecule has 0 aliphatic heterocycles. The van der Waals surface area contributed by atoms with E-state index in [9.17, 15) is 4.79 Å². The minimum atomic E-state index is -0.220. The van der Waals surface area contributed by atoms with E-state index in [2.05, 4.69) is 15.5 Å². The van der Waals surface area contributed by atoms with Crippen LogP contribution in [0.2, 0.25) is 0 Å². The van der Waals surface area contributed by atoms with Gasteiger partial charge in [-0.1, -0.05) is 17.3 Å². The van der Waals surface area contributed by atoms with Crippen molar-refractivity contribution < 1.29 is 28.3 Å². The third-order valence-electron chi connectivity index (χ3n) is 4.81. The first-order valence-electron chi connectivity index (χ1n) is 10.6. The minimum absolute atomic E-state index is 0.166. The Hall–Kier alpha value is -3.59. The summed E-state index contributed by atoms with van der Waals surface area (Å²) in [5, 5.41) is 6.99. The van der Waals surface area contributed by atoms with Crippen molar-refractivity contribution in [3.63, 3.8) is 0 Å². The largest absolute Gasteiger partial charge is 0.493 e. The lowest BCUT2D eigenvalue weighted by molar-refractivity contribution is 0.0757. The van der Waals surface area contributed by atoms with Gasteiger partial charge in [0.1, 0.15) is 0 Å². The lowest BCUT2D eigenvalue weighted by Gasteiger charge is -2.12. The van der Waals surface area contributed by atoms with Crippen molar-refractivity contribution in [1.29, 1.82) is 0 Å². The van der Waals surface area contributed by atoms with E-state index in [-0.39, 0.29) is 17.9 Å². The van der Waals surface area contributed by atoms with Crippen LogP contribution in [0, 0.1) is 0 Å². The number of carbonyl (C=O) groups excluding carboxylic acids is 1. The molecule has 0 aliphatic rings. The zero-order valence-corrected chi connectivity index (χ0v) is 19.5. The van der Waals surface area contributed by atoms with E-state index in [0.717, 1.165) is 6.42 Å². The highest BCUT2D eigenvalue weighted by Gasteiger charge is 2.20. The fraction of sp³-hybridized carbons (Fsp3) is 0.375. The van der Waals surface area contributed by atoms with E-state index in [0.29, 0.717) is 52.9 Å². The molecule has 0 unspecified atom stereocenters. The number of nitrogens with one attached hydrogen (secondary N) is 1. The molecule has 9 heteroatoms. The number of benzene rings is 2. The Morgan fingerprint density at radius 2 is 1.76 bits per heavy atom. The van der Waals surface area contributed by atoms with E-state index in [1.165, 1.54) is 21.3 Å². The molecular weight excluding hydrogens is 426 g/mol. The molecular formula is C24H29N3O6. The number of rotatable bonds is 11. The summed E-state index contributed by atoms with van der Waals surface area (Å²) in [4.78, 5) is 17.3. The SMILES string of the molecule is COc1cc(-c2noc(-c3ccccc3C(=O)NCCCOC(C)C)n2)cc(OC)c1OC. The first-order chi connectivity index (χ1) is 16.0. The van der Waals surface area contributed by atoms with Gasteiger partial charge in [0, 0.05) is 18.7 Å². The maximum atomic E-state index is 12.8. The van der Waals surface area contributed by atoms with Crippen LogP contribution in [0.25, 0.3) is 22.8 Å². The molecule has 1 aromatic heterocycles. The van der Waals surface area contributed by atoms with Crippen molar-refractivity contribution >= 4 is 5.91 Å². The summed E-state index contributed by atoms with van der Waals surface area (Å²) in [6, 6.07) is 10.5. The highest BCUT2D eigenvalue weighted by Crippen LogP contribution is 2.40. The average Bonchev–Trinajstić information content (AvgIpc) is 3.32. The van der Waals surface area contributed by atoms with Crippen molar-refractivity contribution in [2.24, 2.45) is 0 Å². The van der Waals surface area contributed by atoms with E-state index < -0.39 is 0 Å². The maximum absolute atomic E-state index is 12.8. The first kappa shape index (κ1) is 24.1. The number of nitrogens with zero attached hydrogens (tertiary/aromatic N) is 2. The Labute approximate surface area is 193 Å². The third-order valence-corrected chi connectivity index (χ3v) is 4.81. The summed E-state index contributed by atoms with van der Waals surface area (Å²) in [6.45, 7) is 5.04. The van der Waals surface area contributed by atoms with E-state index in [4.69, 9.17) is 23.5 Å². The van der Waals surface area contributed by atoms with Crippen LogP contribution in [0.3, 0.4) is 0 Å². The fourth-order valence-electron chi connectivity index (χ4n) is 3.22. The average molecular weight is 456 g/mol. The number of ether oxygens (including phenoxy) is 4. The standard InChI is InChI=1S/C24H29N3O6/c1-15(2)32-12-8-11-25-23(28)17-9-6-7-10-18(17)24-26-22(27-33-24)16-13-19(29-3)21(31-5)20(14-16)30-4/h6-7,9-10,13-15H,8,11-12H2,1-5H3,(H,25,28). The first-order valence-corrected chi connectivity index (χ1v) is 10.6. The van der Waals surface area contributed by atoms with Crippen molar-refractivity contribution in [3.8, 4) is 40.1 Å². The number of hydrogen-bond acceptors (Lipinski definition) is 8. The van der Waals surface area contributed by atoms with Crippen molar-refractivity contribution in [2.75, 3.05) is 34.5 Å². The Balaban J connectivity index is 1.82. The smallest absolute Gasteiger partial charge is 0.259 e. The second-order valence-electron chi connectivity index (χ2n) is 7.41. The molecule has 0 saturated carbocycles. The highest BCUT2D eigenvalue weighted by molar-refractivity contribution is 6.00. The molecule has 2 aromatic carbocycles. The van der Waals surface area contributed by atoms with Gasteiger partial charge in [-0.05, 0) is 44.5 Å². The van der Waals surface area contributed by atoms with Crippen LogP contribution < -0.4 is 19.5 Å². The molecule has 9 nitrogen and oxygen atoms in total. The van der Waals surface area contributed by atoms with Crippen LogP contribution in [0.4, 0.5) is 0 Å². The Bertz CT molecular complexity index is 1050. The summed E-state index contributed by atoms with van der Waals surface area (Å²) in [5.41, 5.74) is 1.61. The van der Waals surface area contributed by atoms with Gasteiger partial charge >= 0.3 is 0 Å². The third kappa shape index (κ3) is 5.81. The molecule has 0 aliphatic carbocycles. The predicted octanol–water partition coefficient (Wildman–Crippen LogP) is 3.97. The molecule has 176 valence electrons. The highest BCUT2D eigenvalue weighted by atomic mass is 16.5. The summed E-state index contributed by atoms with van der Waals surface area (Å²) in [5.74, 6) is 1.74. The monoisotopic (exact) mass is 455 g/mol. The van der Waals surface area contributed by atoms with Gasteiger partial charge < -0.3 is 28.8 Å². The second kappa shape index (κ2) is 11.3. The Morgan fingerprint density at radius 1 is 1.06 bits per heavy atom. The van der Waals surface area contributed by atoms with Gasteiger partial charge in [-0.25, -0.2) is 0 Å². The molecule has 3 aromatic rings. The zero-order chi connectivity index (χ0) is 23.8. The quantitative estimate of drug-likeness (QED) is 0.433. The number of hydrogen-bond donors (Lipinski definition) is 1. The lowest BCUT2D eigenvalue weighted by Crippen LogP contribution is -2.26. The number of methoxy groups -OCH3 is 3. The molecule has 3 rings (SSSR count). The molecule has 0 atom stereocenters. The van der Waals surface area contributed by atoms with E-state index >= 15 is 0 Å². The second-order valence-corrected chi connectivity index (χ2v) is 7.41. The summed E-state index contributed by atoms with van der Waals surface area (Å²) in [6.07, 6.45) is 0.886. The summed E-state index contributed by atoms with van der Waals surface area (Å²) >= 11 is 0. The zero-order valence-electron chi connectivity index (χ0n) is 19.5. The minimum Gasteiger partial charge on any atom is -0.493 e. The van der Waals surface area contributed by atoms with Crippen LogP contribution in [-0.2, 0) is 4.74 Å². The van der Waals surface area contributed by atoms with Gasteiger partial charge in [-0.3, -0.25) is 4.79 Å². The van der Waals surface area contributed by atoms with Crippen LogP contribution in [0.5, 0.6) is 17.2 Å². The van der Waals surface area contributed by atoms with Crippen LogP contribution in [0.1, 0.15) is 30.6 Å². The molecule has 0 bridgehead atoms. The van der Waals surface area contributed by atoms with Gasteiger partial charge in [-0.15, -0.1) is 0 Å². The topological polar surface area (TPSA) is 105 Å². The van der Waals surface area contributed by atoms with Gasteiger partial charge in [0.05, 0.1) is 38.6 Å². The van der Waals surface area contributed by atoms with Gasteiger partial charge in [0.25, 0.3) is 11.8 Å². The van der Waals surface area contributed by atoms with E-state index in [1.807, 2.05) is 19.9 Å². The van der Waals surface area contributed by atoms with Crippen LogP contribution in [-0.4, -0.2) is 56.6 Å². The summed E-state index contributed by atoms with van der Waals surface area (Å²) < 4.78 is 27.2. The van der Waals surface area contributed by atoms with Crippen molar-refractivity contribution in [3.05, 3.63) is 42.0 Å². The number of amides is 1. The van der Waals surface area contributed by atoms with E-state index in [1.54, 1.807) is 30.3 Å². The molecule has 0 fully saturated rings. The molecule has 1 heterocycles. The predicted molar refractivity (Wildman–Crippen MR) is 123 cm³/mol. The molecule has 1 amide bonds. The molecule has 0 saturated heterocycles. The normalized spacial score (nSPS) is 10.8. The fourth-order valence-corrected chi connectivity index (χ4v) is 3.22. The van der Waals surface area contributed by atoms with Crippen molar-refractivity contribution in [1.82, 2.24) is 15.5 Å². The Morgan fingerprint density at radius 3 is 2.39 bits per heavy atom. The Kier molecular flexibility index (Phi) is 8.26. The van der Waals surface area contributed by atoms with Crippen molar-refractivity contribution in [2.45, 2.75) is 26.4 Å². The van der Waals surface area contributed by atoms with Crippen LogP contribution in [0.15, 0.2) is 40.9 Å². The molecule has 0 radical (unpaired) electrons. The summed E-state index contributed by atoms with van der Waals surface area (Å²) in [7, 11) is 4.60. The molecule has 0 spiro atoms. The molecule has 33 heavy (non-hydrogen) atoms. The number of carbonyl (C=O) groups is 1.